The molecule has 13 heavy (non-hydrogen) atoms. The number of carbonyl (C=O) groups excluding carboxylic acids is 2. The molecule has 0 atom stereocenters. The van der Waals surface area contributed by atoms with Gasteiger partial charge in [-0.25, -0.2) is 9.59 Å². The lowest BCUT2D eigenvalue weighted by atomic mass is 10.3. The Morgan fingerprint density at radius 1 is 1.54 bits per heavy atom. The predicted molar refractivity (Wildman–Crippen MR) is 42.7 cm³/mol. The second-order valence-electron chi connectivity index (χ2n) is 2.08. The van der Waals surface area contributed by atoms with Crippen LogP contribution in [0.2, 0.25) is 0 Å². The number of rotatable bonds is 1. The van der Waals surface area contributed by atoms with Gasteiger partial charge in [0, 0.05) is 11.6 Å². The lowest BCUT2D eigenvalue weighted by molar-refractivity contribution is -0.151. The summed E-state index contributed by atoms with van der Waals surface area (Å²) in [4.78, 5) is 29.7. The molecule has 0 saturated carbocycles. The Labute approximate surface area is 74.3 Å². The lowest BCUT2D eigenvalue weighted by Gasteiger charge is -1.80. The average molecular weight is 184 g/mol. The molecular formula is C8H8O5. The van der Waals surface area contributed by atoms with Crippen molar-refractivity contribution in [2.75, 3.05) is 0 Å². The summed E-state index contributed by atoms with van der Waals surface area (Å²) in [6, 6.07) is 0. The monoisotopic (exact) mass is 184 g/mol. The van der Waals surface area contributed by atoms with E-state index in [0.29, 0.717) is 0 Å². The van der Waals surface area contributed by atoms with E-state index < -0.39 is 17.9 Å². The molecule has 0 spiro atoms. The SMILES string of the molecule is C=C1CC(=O)OC1=O.C=CC(=O)O. The maximum Gasteiger partial charge on any atom is 0.341 e. The summed E-state index contributed by atoms with van der Waals surface area (Å²) >= 11 is 0. The van der Waals surface area contributed by atoms with Gasteiger partial charge in [-0.3, -0.25) is 4.79 Å². The number of carboxylic acids is 1. The summed E-state index contributed by atoms with van der Waals surface area (Å²) in [5.74, 6) is -2.07. The van der Waals surface area contributed by atoms with E-state index in [9.17, 15) is 14.4 Å². The molecule has 1 aliphatic rings. The van der Waals surface area contributed by atoms with E-state index in [1.54, 1.807) is 0 Å². The Hall–Kier alpha value is -1.91. The van der Waals surface area contributed by atoms with Crippen LogP contribution in [0.4, 0.5) is 0 Å². The molecule has 0 unspecified atom stereocenters. The van der Waals surface area contributed by atoms with Gasteiger partial charge in [-0.1, -0.05) is 13.2 Å². The molecule has 1 fully saturated rings. The van der Waals surface area contributed by atoms with Crippen LogP contribution in [0.25, 0.3) is 0 Å². The molecule has 5 heteroatoms. The number of hydrogen-bond donors (Lipinski definition) is 1. The zero-order valence-electron chi connectivity index (χ0n) is 6.78. The van der Waals surface area contributed by atoms with Gasteiger partial charge in [-0.05, 0) is 0 Å². The van der Waals surface area contributed by atoms with E-state index in [1.807, 2.05) is 0 Å². The highest BCUT2D eigenvalue weighted by Gasteiger charge is 2.24. The highest BCUT2D eigenvalue weighted by Crippen LogP contribution is 2.10. The van der Waals surface area contributed by atoms with Gasteiger partial charge in [0.1, 0.15) is 0 Å². The van der Waals surface area contributed by atoms with Crippen molar-refractivity contribution >= 4 is 17.9 Å². The van der Waals surface area contributed by atoms with Crippen molar-refractivity contribution in [3.05, 3.63) is 24.8 Å². The van der Waals surface area contributed by atoms with Crippen LogP contribution >= 0.6 is 0 Å². The molecule has 0 aliphatic carbocycles. The third-order valence-corrected chi connectivity index (χ3v) is 1.03. The van der Waals surface area contributed by atoms with Crippen LogP contribution < -0.4 is 0 Å². The second kappa shape index (κ2) is 4.87. The van der Waals surface area contributed by atoms with E-state index >= 15 is 0 Å². The normalized spacial score (nSPS) is 14.3. The Morgan fingerprint density at radius 3 is 2.08 bits per heavy atom. The van der Waals surface area contributed by atoms with Crippen molar-refractivity contribution in [1.82, 2.24) is 0 Å². The van der Waals surface area contributed by atoms with Crippen molar-refractivity contribution < 1.29 is 24.2 Å². The molecule has 1 aliphatic heterocycles. The summed E-state index contributed by atoms with van der Waals surface area (Å²) in [6.45, 7) is 6.25. The predicted octanol–water partition coefficient (Wildman–Crippen LogP) is 0.273. The first-order valence-electron chi connectivity index (χ1n) is 3.25. The number of carbonyl (C=O) groups is 3. The highest BCUT2D eigenvalue weighted by atomic mass is 16.6. The molecule has 1 N–H and O–H groups in total. The summed E-state index contributed by atoms with van der Waals surface area (Å²) in [6.07, 6.45) is 0.888. The minimum Gasteiger partial charge on any atom is -0.478 e. The summed E-state index contributed by atoms with van der Waals surface area (Å²) in [5, 5.41) is 7.60. The van der Waals surface area contributed by atoms with E-state index in [0.717, 1.165) is 6.08 Å². The number of hydrogen-bond acceptors (Lipinski definition) is 4. The lowest BCUT2D eigenvalue weighted by Crippen LogP contribution is -1.95. The molecule has 0 bridgehead atoms. The van der Waals surface area contributed by atoms with Gasteiger partial charge < -0.3 is 9.84 Å². The van der Waals surface area contributed by atoms with Gasteiger partial charge in [-0.2, -0.15) is 0 Å². The zero-order valence-corrected chi connectivity index (χ0v) is 6.78. The van der Waals surface area contributed by atoms with Crippen LogP contribution in [-0.2, 0) is 19.1 Å². The number of esters is 2. The molecule has 70 valence electrons. The Bertz CT molecular complexity index is 258. The van der Waals surface area contributed by atoms with Crippen LogP contribution in [-0.4, -0.2) is 23.0 Å². The highest BCUT2D eigenvalue weighted by molar-refractivity contribution is 6.05. The Morgan fingerprint density at radius 2 is 2.00 bits per heavy atom. The number of ether oxygens (including phenoxy) is 1. The van der Waals surface area contributed by atoms with Crippen molar-refractivity contribution in [2.24, 2.45) is 0 Å². The van der Waals surface area contributed by atoms with Gasteiger partial charge in [0.2, 0.25) is 0 Å². The molecule has 0 aromatic carbocycles. The number of carboxylic acid groups (broad SMARTS) is 1. The molecular weight excluding hydrogens is 176 g/mol. The van der Waals surface area contributed by atoms with Crippen LogP contribution in [0, 0.1) is 0 Å². The topological polar surface area (TPSA) is 80.7 Å². The first-order chi connectivity index (χ1) is 5.97. The fourth-order valence-corrected chi connectivity index (χ4v) is 0.458. The molecule has 1 saturated heterocycles. The van der Waals surface area contributed by atoms with E-state index in [2.05, 4.69) is 17.9 Å². The molecule has 0 aromatic heterocycles. The first-order valence-corrected chi connectivity index (χ1v) is 3.25. The quantitative estimate of drug-likeness (QED) is 0.359. The van der Waals surface area contributed by atoms with E-state index in [1.165, 1.54) is 0 Å². The van der Waals surface area contributed by atoms with Gasteiger partial charge in [-0.15, -0.1) is 0 Å². The standard InChI is InChI=1S/C5H4O3.C3H4O2/c1-3-2-4(6)8-5(3)7;1-2-3(4)5/h1-2H2;2H,1H2,(H,4,5). The fourth-order valence-electron chi connectivity index (χ4n) is 0.458. The van der Waals surface area contributed by atoms with Gasteiger partial charge in [0.25, 0.3) is 0 Å². The van der Waals surface area contributed by atoms with Crippen molar-refractivity contribution in [3.63, 3.8) is 0 Å². The summed E-state index contributed by atoms with van der Waals surface area (Å²) in [5.41, 5.74) is 0.245. The second-order valence-corrected chi connectivity index (χ2v) is 2.08. The number of cyclic esters (lactones) is 2. The third kappa shape index (κ3) is 4.52. The molecule has 0 amide bonds. The zero-order chi connectivity index (χ0) is 10.4. The van der Waals surface area contributed by atoms with Gasteiger partial charge in [0.05, 0.1) is 6.42 Å². The fraction of sp³-hybridized carbons (Fsp3) is 0.125. The van der Waals surface area contributed by atoms with E-state index in [-0.39, 0.29) is 12.0 Å². The van der Waals surface area contributed by atoms with Crippen molar-refractivity contribution in [1.29, 1.82) is 0 Å². The summed E-state index contributed by atoms with van der Waals surface area (Å²) < 4.78 is 4.10. The van der Waals surface area contributed by atoms with Crippen LogP contribution in [0.15, 0.2) is 24.8 Å². The van der Waals surface area contributed by atoms with Crippen molar-refractivity contribution in [3.8, 4) is 0 Å². The maximum absolute atomic E-state index is 10.2. The van der Waals surface area contributed by atoms with Crippen LogP contribution in [0.1, 0.15) is 6.42 Å². The Kier molecular flexibility index (Phi) is 4.15. The van der Waals surface area contributed by atoms with Crippen LogP contribution in [0.3, 0.4) is 0 Å². The Balaban J connectivity index is 0.000000252. The summed E-state index contributed by atoms with van der Waals surface area (Å²) in [7, 11) is 0. The molecule has 1 rings (SSSR count). The minimum atomic E-state index is -0.981. The third-order valence-electron chi connectivity index (χ3n) is 1.03. The molecule has 5 nitrogen and oxygen atoms in total. The minimum absolute atomic E-state index is 0.0544. The maximum atomic E-state index is 10.2. The van der Waals surface area contributed by atoms with Gasteiger partial charge >= 0.3 is 17.9 Å². The van der Waals surface area contributed by atoms with Gasteiger partial charge in [0.15, 0.2) is 0 Å². The number of aliphatic carboxylic acids is 1. The molecule has 0 radical (unpaired) electrons. The van der Waals surface area contributed by atoms with Crippen LogP contribution in [0.5, 0.6) is 0 Å². The molecule has 0 aromatic rings. The average Bonchev–Trinajstić information content (AvgIpc) is 2.31. The first kappa shape index (κ1) is 11.1. The van der Waals surface area contributed by atoms with Crippen molar-refractivity contribution in [2.45, 2.75) is 6.42 Å². The smallest absolute Gasteiger partial charge is 0.341 e. The largest absolute Gasteiger partial charge is 0.478 e. The molecule has 1 heterocycles. The van der Waals surface area contributed by atoms with E-state index in [4.69, 9.17) is 5.11 Å².